The van der Waals surface area contributed by atoms with Gasteiger partial charge in [0, 0.05) is 44.6 Å². The maximum Gasteiger partial charge on any atom is 0.256 e. The van der Waals surface area contributed by atoms with Crippen LogP contribution in [0.5, 0.6) is 0 Å². The highest BCUT2D eigenvalue weighted by molar-refractivity contribution is 5.99. The third-order valence-electron chi connectivity index (χ3n) is 5.81. The summed E-state index contributed by atoms with van der Waals surface area (Å²) in [6, 6.07) is 7.52. The molecule has 29 heavy (non-hydrogen) atoms. The minimum atomic E-state index is -0.171. The summed E-state index contributed by atoms with van der Waals surface area (Å²) in [6.45, 7) is 7.52. The number of hydrogen-bond donors (Lipinski definition) is 2. The number of piperazine rings is 1. The Morgan fingerprint density at radius 1 is 1.17 bits per heavy atom. The molecule has 0 bridgehead atoms. The Morgan fingerprint density at radius 2 is 1.93 bits per heavy atom. The lowest BCUT2D eigenvalue weighted by Gasteiger charge is -2.36. The van der Waals surface area contributed by atoms with Gasteiger partial charge in [0.25, 0.3) is 5.91 Å². The summed E-state index contributed by atoms with van der Waals surface area (Å²) in [6.07, 6.45) is 2.65. The molecular weight excluding hydrogens is 366 g/mol. The summed E-state index contributed by atoms with van der Waals surface area (Å²) in [5.41, 5.74) is 10.3. The van der Waals surface area contributed by atoms with E-state index in [1.807, 2.05) is 24.1 Å². The van der Waals surface area contributed by atoms with Crippen LogP contribution in [0.1, 0.15) is 39.4 Å². The highest BCUT2D eigenvalue weighted by Gasteiger charge is 2.28. The van der Waals surface area contributed by atoms with E-state index in [4.69, 9.17) is 5.73 Å². The van der Waals surface area contributed by atoms with E-state index in [9.17, 15) is 9.59 Å². The molecule has 2 aliphatic rings. The molecule has 7 heteroatoms. The SMILES string of the molecule is Cc1cnc(N2CCN(C(=O)c3ccc(C4CCNC4=O)cc3N)CC2)c(C)c1. The molecular formula is C22H27N5O2. The number of nitrogens with one attached hydrogen (secondary N) is 1. The zero-order valence-electron chi connectivity index (χ0n) is 16.9. The van der Waals surface area contributed by atoms with Crippen molar-refractivity contribution in [3.8, 4) is 0 Å². The molecule has 3 N–H and O–H groups in total. The van der Waals surface area contributed by atoms with Gasteiger partial charge in [0.05, 0.1) is 11.5 Å². The van der Waals surface area contributed by atoms with Gasteiger partial charge < -0.3 is 20.9 Å². The molecule has 1 unspecified atom stereocenters. The van der Waals surface area contributed by atoms with Gasteiger partial charge in [0.1, 0.15) is 5.82 Å². The molecule has 2 aromatic rings. The number of nitrogens with zero attached hydrogens (tertiary/aromatic N) is 3. The number of benzene rings is 1. The predicted octanol–water partition coefficient (Wildman–Crippen LogP) is 1.85. The van der Waals surface area contributed by atoms with E-state index in [1.54, 1.807) is 12.1 Å². The van der Waals surface area contributed by atoms with Crippen molar-refractivity contribution in [2.45, 2.75) is 26.2 Å². The number of amides is 2. The van der Waals surface area contributed by atoms with Gasteiger partial charge in [-0.3, -0.25) is 9.59 Å². The molecule has 0 saturated carbocycles. The van der Waals surface area contributed by atoms with Crippen LogP contribution >= 0.6 is 0 Å². The largest absolute Gasteiger partial charge is 0.398 e. The van der Waals surface area contributed by atoms with Crippen LogP contribution in [0.4, 0.5) is 11.5 Å². The molecule has 1 atom stereocenters. The molecule has 2 aliphatic heterocycles. The van der Waals surface area contributed by atoms with E-state index in [-0.39, 0.29) is 17.7 Å². The normalized spacial score (nSPS) is 19.4. The Hall–Kier alpha value is -3.09. The fourth-order valence-corrected chi connectivity index (χ4v) is 4.24. The highest BCUT2D eigenvalue weighted by atomic mass is 16.2. The summed E-state index contributed by atoms with van der Waals surface area (Å²) in [5.74, 6) is 0.786. The second-order valence-electron chi connectivity index (χ2n) is 7.91. The van der Waals surface area contributed by atoms with Gasteiger partial charge in [-0.15, -0.1) is 0 Å². The third kappa shape index (κ3) is 3.77. The van der Waals surface area contributed by atoms with Gasteiger partial charge in [0.2, 0.25) is 5.91 Å². The number of aromatic nitrogens is 1. The zero-order valence-corrected chi connectivity index (χ0v) is 16.9. The number of rotatable bonds is 3. The number of aryl methyl sites for hydroxylation is 2. The summed E-state index contributed by atoms with van der Waals surface area (Å²) in [7, 11) is 0. The molecule has 2 saturated heterocycles. The molecule has 152 valence electrons. The van der Waals surface area contributed by atoms with Gasteiger partial charge in [-0.2, -0.15) is 0 Å². The molecule has 0 radical (unpaired) electrons. The number of nitrogens with two attached hydrogens (primary N) is 1. The minimum absolute atomic E-state index is 0.0274. The number of carbonyl (C=O) groups excluding carboxylic acids is 2. The lowest BCUT2D eigenvalue weighted by molar-refractivity contribution is -0.120. The molecule has 3 heterocycles. The summed E-state index contributed by atoms with van der Waals surface area (Å²) >= 11 is 0. The summed E-state index contributed by atoms with van der Waals surface area (Å²) in [4.78, 5) is 33.5. The van der Waals surface area contributed by atoms with Crippen LogP contribution in [-0.4, -0.2) is 54.4 Å². The Bertz CT molecular complexity index is 950. The van der Waals surface area contributed by atoms with Gasteiger partial charge in [-0.05, 0) is 49.1 Å². The van der Waals surface area contributed by atoms with Crippen molar-refractivity contribution in [3.05, 3.63) is 52.7 Å². The van der Waals surface area contributed by atoms with Crippen molar-refractivity contribution in [2.24, 2.45) is 0 Å². The molecule has 2 fully saturated rings. The quantitative estimate of drug-likeness (QED) is 0.777. The first-order valence-corrected chi connectivity index (χ1v) is 10.1. The van der Waals surface area contributed by atoms with Crippen LogP contribution < -0.4 is 16.0 Å². The molecule has 2 amide bonds. The lowest BCUT2D eigenvalue weighted by atomic mass is 9.95. The van der Waals surface area contributed by atoms with Crippen LogP contribution in [0.15, 0.2) is 30.5 Å². The maximum atomic E-state index is 13.0. The maximum absolute atomic E-state index is 13.0. The van der Waals surface area contributed by atoms with E-state index in [0.717, 1.165) is 42.0 Å². The summed E-state index contributed by atoms with van der Waals surface area (Å²) < 4.78 is 0. The predicted molar refractivity (Wildman–Crippen MR) is 113 cm³/mol. The van der Waals surface area contributed by atoms with E-state index in [1.165, 1.54) is 0 Å². The van der Waals surface area contributed by atoms with Gasteiger partial charge in [-0.1, -0.05) is 12.1 Å². The first-order chi connectivity index (χ1) is 13.9. The minimum Gasteiger partial charge on any atom is -0.398 e. The second kappa shape index (κ2) is 7.73. The number of nitrogen functional groups attached to an aromatic ring is 1. The number of hydrogen-bond acceptors (Lipinski definition) is 5. The number of anilines is 2. The van der Waals surface area contributed by atoms with Crippen molar-refractivity contribution in [1.29, 1.82) is 0 Å². The van der Waals surface area contributed by atoms with Crippen LogP contribution in [0.2, 0.25) is 0 Å². The molecule has 0 spiro atoms. The van der Waals surface area contributed by atoms with E-state index >= 15 is 0 Å². The zero-order chi connectivity index (χ0) is 20.5. The average Bonchev–Trinajstić information content (AvgIpc) is 3.13. The fraction of sp³-hybridized carbons (Fsp3) is 0.409. The average molecular weight is 393 g/mol. The number of carbonyl (C=O) groups is 2. The molecule has 0 aliphatic carbocycles. The van der Waals surface area contributed by atoms with Crippen molar-refractivity contribution >= 4 is 23.3 Å². The topological polar surface area (TPSA) is 91.6 Å². The van der Waals surface area contributed by atoms with Crippen molar-refractivity contribution in [2.75, 3.05) is 43.4 Å². The van der Waals surface area contributed by atoms with Gasteiger partial charge in [0.15, 0.2) is 0 Å². The Balaban J connectivity index is 1.43. The number of pyridine rings is 1. The highest BCUT2D eigenvalue weighted by Crippen LogP contribution is 2.27. The van der Waals surface area contributed by atoms with E-state index < -0.39 is 0 Å². The molecule has 1 aromatic heterocycles. The van der Waals surface area contributed by atoms with Crippen LogP contribution in [-0.2, 0) is 4.79 Å². The fourth-order valence-electron chi connectivity index (χ4n) is 4.24. The van der Waals surface area contributed by atoms with Gasteiger partial charge in [-0.25, -0.2) is 4.98 Å². The van der Waals surface area contributed by atoms with Crippen molar-refractivity contribution < 1.29 is 9.59 Å². The van der Waals surface area contributed by atoms with E-state index in [2.05, 4.69) is 28.2 Å². The standard InChI is InChI=1S/C22H27N5O2/c1-14-11-15(2)20(25-13-14)26-7-9-27(10-8-26)22(29)18-4-3-16(12-19(18)23)17-5-6-24-21(17)28/h3-4,11-13,17H,5-10,23H2,1-2H3,(H,24,28). The van der Waals surface area contributed by atoms with Crippen LogP contribution in [0, 0.1) is 13.8 Å². The first kappa shape index (κ1) is 19.2. The lowest BCUT2D eigenvalue weighted by Crippen LogP contribution is -2.49. The van der Waals surface area contributed by atoms with Crippen LogP contribution in [0.25, 0.3) is 0 Å². The Kier molecular flexibility index (Phi) is 5.13. The molecule has 1 aromatic carbocycles. The Morgan fingerprint density at radius 3 is 2.55 bits per heavy atom. The monoisotopic (exact) mass is 393 g/mol. The third-order valence-corrected chi connectivity index (χ3v) is 5.81. The van der Waals surface area contributed by atoms with Crippen molar-refractivity contribution in [3.63, 3.8) is 0 Å². The van der Waals surface area contributed by atoms with Gasteiger partial charge >= 0.3 is 0 Å². The van der Waals surface area contributed by atoms with E-state index in [0.29, 0.717) is 30.9 Å². The molecule has 4 rings (SSSR count). The van der Waals surface area contributed by atoms with Crippen molar-refractivity contribution in [1.82, 2.24) is 15.2 Å². The summed E-state index contributed by atoms with van der Waals surface area (Å²) in [5, 5.41) is 2.84. The van der Waals surface area contributed by atoms with Crippen LogP contribution in [0.3, 0.4) is 0 Å². The molecule has 7 nitrogen and oxygen atoms in total. The Labute approximate surface area is 170 Å². The second-order valence-corrected chi connectivity index (χ2v) is 7.91. The smallest absolute Gasteiger partial charge is 0.256 e. The first-order valence-electron chi connectivity index (χ1n) is 10.1.